The number of benzene rings is 2. The van der Waals surface area contributed by atoms with Crippen LogP contribution in [0, 0.1) is 5.82 Å². The number of carbonyl (C=O) groups excluding carboxylic acids is 1. The Hall–Kier alpha value is -2.01. The lowest BCUT2D eigenvalue weighted by molar-refractivity contribution is 0.101. The number of Topliss-reactive ketones (excluding diaryl/α,β-unsaturated/α-hetero) is 1. The highest BCUT2D eigenvalue weighted by Crippen LogP contribution is 2.38. The summed E-state index contributed by atoms with van der Waals surface area (Å²) in [6.07, 6.45) is 0. The van der Waals surface area contributed by atoms with Crippen LogP contribution in [-0.2, 0) is 0 Å². The summed E-state index contributed by atoms with van der Waals surface area (Å²) >= 11 is 1.40. The van der Waals surface area contributed by atoms with Gasteiger partial charge >= 0.3 is 0 Å². The van der Waals surface area contributed by atoms with Crippen LogP contribution in [0.15, 0.2) is 46.2 Å². The molecule has 0 amide bonds. The van der Waals surface area contributed by atoms with Gasteiger partial charge in [0, 0.05) is 15.4 Å². The van der Waals surface area contributed by atoms with Crippen LogP contribution in [-0.4, -0.2) is 19.0 Å². The van der Waals surface area contributed by atoms with Crippen LogP contribution in [0.3, 0.4) is 0 Å². The predicted octanol–water partition coefficient (Wildman–Crippen LogP) is 3.95. The number of halogens is 1. The fourth-order valence-corrected chi connectivity index (χ4v) is 3.09. The average molecular weight is 304 g/mol. The van der Waals surface area contributed by atoms with E-state index in [4.69, 9.17) is 9.47 Å². The van der Waals surface area contributed by atoms with Gasteiger partial charge in [-0.2, -0.15) is 0 Å². The van der Waals surface area contributed by atoms with Crippen LogP contribution in [0.25, 0.3) is 0 Å². The van der Waals surface area contributed by atoms with Gasteiger partial charge in [-0.3, -0.25) is 4.79 Å². The van der Waals surface area contributed by atoms with E-state index >= 15 is 0 Å². The number of hydrogen-bond donors (Lipinski definition) is 0. The van der Waals surface area contributed by atoms with E-state index in [0.717, 1.165) is 15.5 Å². The van der Waals surface area contributed by atoms with Crippen molar-refractivity contribution in [2.24, 2.45) is 0 Å². The summed E-state index contributed by atoms with van der Waals surface area (Å²) in [7, 11) is 0. The minimum absolute atomic E-state index is 0.158. The molecule has 0 spiro atoms. The minimum atomic E-state index is -0.410. The number of carbonyl (C=O) groups is 1. The predicted molar refractivity (Wildman–Crippen MR) is 78.0 cm³/mol. The molecule has 1 aliphatic rings. The first kappa shape index (κ1) is 13.9. The van der Waals surface area contributed by atoms with Gasteiger partial charge in [-0.1, -0.05) is 11.8 Å². The quantitative estimate of drug-likeness (QED) is 0.804. The maximum atomic E-state index is 13.3. The van der Waals surface area contributed by atoms with E-state index < -0.39 is 5.82 Å². The molecule has 0 saturated carbocycles. The lowest BCUT2D eigenvalue weighted by Gasteiger charge is -2.18. The van der Waals surface area contributed by atoms with Gasteiger partial charge in [0.15, 0.2) is 17.3 Å². The van der Waals surface area contributed by atoms with Gasteiger partial charge in [-0.15, -0.1) is 0 Å². The molecule has 0 saturated heterocycles. The number of ketones is 1. The molecule has 108 valence electrons. The van der Waals surface area contributed by atoms with Gasteiger partial charge in [-0.25, -0.2) is 4.39 Å². The Balaban J connectivity index is 1.92. The summed E-state index contributed by atoms with van der Waals surface area (Å²) in [4.78, 5) is 13.2. The Morgan fingerprint density at radius 2 is 1.86 bits per heavy atom. The van der Waals surface area contributed by atoms with E-state index in [2.05, 4.69) is 0 Å². The van der Waals surface area contributed by atoms with Crippen LogP contribution in [0.2, 0.25) is 0 Å². The Morgan fingerprint density at radius 3 is 2.62 bits per heavy atom. The number of fused-ring (bicyclic) bond motifs is 1. The second kappa shape index (κ2) is 5.77. The first-order valence-corrected chi connectivity index (χ1v) is 7.33. The van der Waals surface area contributed by atoms with E-state index in [-0.39, 0.29) is 5.78 Å². The Morgan fingerprint density at radius 1 is 1.10 bits per heavy atom. The monoisotopic (exact) mass is 304 g/mol. The fourth-order valence-electron chi connectivity index (χ4n) is 2.08. The largest absolute Gasteiger partial charge is 0.486 e. The zero-order valence-corrected chi connectivity index (χ0v) is 12.2. The van der Waals surface area contributed by atoms with E-state index in [9.17, 15) is 9.18 Å². The number of rotatable bonds is 3. The third-order valence-electron chi connectivity index (χ3n) is 3.06. The molecule has 0 unspecified atom stereocenters. The SMILES string of the molecule is CC(=O)c1cc(F)ccc1Sc1ccc2c(c1)OCCO2. The first-order chi connectivity index (χ1) is 10.1. The third-order valence-corrected chi connectivity index (χ3v) is 4.13. The van der Waals surface area contributed by atoms with Crippen molar-refractivity contribution in [3.05, 3.63) is 47.8 Å². The van der Waals surface area contributed by atoms with Crippen molar-refractivity contribution < 1.29 is 18.7 Å². The highest BCUT2D eigenvalue weighted by molar-refractivity contribution is 7.99. The van der Waals surface area contributed by atoms with Gasteiger partial charge in [-0.05, 0) is 43.3 Å². The number of hydrogen-bond acceptors (Lipinski definition) is 4. The second-order valence-corrected chi connectivity index (χ2v) is 5.72. The van der Waals surface area contributed by atoms with Crippen LogP contribution >= 0.6 is 11.8 Å². The molecule has 21 heavy (non-hydrogen) atoms. The Kier molecular flexibility index (Phi) is 3.84. The summed E-state index contributed by atoms with van der Waals surface area (Å²) in [6, 6.07) is 9.84. The summed E-state index contributed by atoms with van der Waals surface area (Å²) in [5, 5.41) is 0. The fraction of sp³-hybridized carbons (Fsp3) is 0.188. The van der Waals surface area contributed by atoms with Gasteiger partial charge in [0.05, 0.1) is 0 Å². The molecule has 2 aromatic carbocycles. The molecule has 1 heterocycles. The topological polar surface area (TPSA) is 35.5 Å². The van der Waals surface area contributed by atoms with Crippen LogP contribution in [0.4, 0.5) is 4.39 Å². The Bertz CT molecular complexity index is 700. The molecule has 0 fully saturated rings. The normalized spacial score (nSPS) is 13.0. The van der Waals surface area contributed by atoms with Crippen molar-refractivity contribution in [1.29, 1.82) is 0 Å². The maximum absolute atomic E-state index is 13.3. The van der Waals surface area contributed by atoms with Crippen molar-refractivity contribution in [2.75, 3.05) is 13.2 Å². The lowest BCUT2D eigenvalue weighted by atomic mass is 10.1. The van der Waals surface area contributed by atoms with E-state index in [0.29, 0.717) is 24.5 Å². The molecule has 2 aromatic rings. The van der Waals surface area contributed by atoms with Crippen LogP contribution in [0.1, 0.15) is 17.3 Å². The summed E-state index contributed by atoms with van der Waals surface area (Å²) in [5.41, 5.74) is 0.384. The van der Waals surface area contributed by atoms with Gasteiger partial charge < -0.3 is 9.47 Å². The number of ether oxygens (including phenoxy) is 2. The highest BCUT2D eigenvalue weighted by atomic mass is 32.2. The van der Waals surface area contributed by atoms with Gasteiger partial charge in [0.2, 0.25) is 0 Å². The molecule has 0 aliphatic carbocycles. The van der Waals surface area contributed by atoms with E-state index in [1.54, 1.807) is 6.07 Å². The molecule has 3 nitrogen and oxygen atoms in total. The second-order valence-electron chi connectivity index (χ2n) is 4.60. The maximum Gasteiger partial charge on any atom is 0.162 e. The van der Waals surface area contributed by atoms with Gasteiger partial charge in [0.25, 0.3) is 0 Å². The molecule has 1 aliphatic heterocycles. The van der Waals surface area contributed by atoms with Crippen molar-refractivity contribution in [3.8, 4) is 11.5 Å². The van der Waals surface area contributed by atoms with Crippen LogP contribution < -0.4 is 9.47 Å². The van der Waals surface area contributed by atoms with Crippen molar-refractivity contribution in [1.82, 2.24) is 0 Å². The van der Waals surface area contributed by atoms with E-state index in [1.165, 1.54) is 30.8 Å². The molecule has 5 heteroatoms. The summed E-state index contributed by atoms with van der Waals surface area (Å²) in [5.74, 6) is 0.843. The van der Waals surface area contributed by atoms with Crippen molar-refractivity contribution >= 4 is 17.5 Å². The molecule has 0 N–H and O–H groups in total. The van der Waals surface area contributed by atoms with E-state index in [1.807, 2.05) is 18.2 Å². The van der Waals surface area contributed by atoms with Gasteiger partial charge in [0.1, 0.15) is 19.0 Å². The highest BCUT2D eigenvalue weighted by Gasteiger charge is 2.14. The smallest absolute Gasteiger partial charge is 0.162 e. The van der Waals surface area contributed by atoms with Crippen LogP contribution in [0.5, 0.6) is 11.5 Å². The molecule has 0 aromatic heterocycles. The third kappa shape index (κ3) is 3.03. The zero-order chi connectivity index (χ0) is 14.8. The molecular formula is C16H13FO3S. The summed E-state index contributed by atoms with van der Waals surface area (Å²) in [6.45, 7) is 2.50. The lowest BCUT2D eigenvalue weighted by Crippen LogP contribution is -2.15. The standard InChI is InChI=1S/C16H13FO3S/c1-10(18)13-8-11(17)2-5-16(13)21-12-3-4-14-15(9-12)20-7-6-19-14/h2-5,8-9H,6-7H2,1H3. The molecular weight excluding hydrogens is 291 g/mol. The molecule has 0 bridgehead atoms. The Labute approximate surface area is 126 Å². The summed E-state index contributed by atoms with van der Waals surface area (Å²) < 4.78 is 24.3. The van der Waals surface area contributed by atoms with Crippen molar-refractivity contribution in [2.45, 2.75) is 16.7 Å². The first-order valence-electron chi connectivity index (χ1n) is 6.51. The molecule has 0 atom stereocenters. The van der Waals surface area contributed by atoms with Crippen molar-refractivity contribution in [3.63, 3.8) is 0 Å². The average Bonchev–Trinajstić information content (AvgIpc) is 2.49. The zero-order valence-electron chi connectivity index (χ0n) is 11.4. The molecule has 3 rings (SSSR count). The molecule has 0 radical (unpaired) electrons. The minimum Gasteiger partial charge on any atom is -0.486 e.